The molecular formula is C22H23N3O3. The van der Waals surface area contributed by atoms with Crippen molar-refractivity contribution in [2.24, 2.45) is 10.9 Å². The maximum Gasteiger partial charge on any atom is 0.308 e. The molecule has 144 valence electrons. The summed E-state index contributed by atoms with van der Waals surface area (Å²) in [5.41, 5.74) is 4.42. The molecule has 28 heavy (non-hydrogen) atoms. The molecule has 1 aliphatic rings. The second-order valence-electron chi connectivity index (χ2n) is 7.28. The summed E-state index contributed by atoms with van der Waals surface area (Å²) in [6.45, 7) is 3.42. The lowest BCUT2D eigenvalue weighted by Gasteiger charge is -2.32. The number of aromatic nitrogens is 1. The molecule has 2 aromatic carbocycles. The Labute approximate surface area is 163 Å². The number of carbonyl (C=O) groups is 1. The first-order chi connectivity index (χ1) is 13.5. The largest absolute Gasteiger partial charge is 0.494 e. The van der Waals surface area contributed by atoms with Crippen LogP contribution in [-0.2, 0) is 4.79 Å². The summed E-state index contributed by atoms with van der Waals surface area (Å²) in [5.74, 6) is -0.919. The highest BCUT2D eigenvalue weighted by Gasteiger charge is 2.25. The van der Waals surface area contributed by atoms with E-state index in [9.17, 15) is 15.0 Å². The summed E-state index contributed by atoms with van der Waals surface area (Å²) < 4.78 is 0. The number of carboxylic acid groups (broad SMARTS) is 1. The molecule has 0 amide bonds. The predicted molar refractivity (Wildman–Crippen MR) is 111 cm³/mol. The molecule has 0 radical (unpaired) electrons. The van der Waals surface area contributed by atoms with E-state index in [1.165, 1.54) is 0 Å². The van der Waals surface area contributed by atoms with Gasteiger partial charge in [0.05, 0.1) is 17.2 Å². The average molecular weight is 377 g/mol. The van der Waals surface area contributed by atoms with E-state index in [2.05, 4.69) is 14.9 Å². The lowest BCUT2D eigenvalue weighted by atomic mass is 9.98. The molecule has 1 fully saturated rings. The van der Waals surface area contributed by atoms with E-state index >= 15 is 0 Å². The van der Waals surface area contributed by atoms with Crippen molar-refractivity contribution in [1.29, 1.82) is 0 Å². The van der Waals surface area contributed by atoms with Gasteiger partial charge in [-0.05, 0) is 55.7 Å². The van der Waals surface area contributed by atoms with Crippen molar-refractivity contribution in [2.45, 2.75) is 19.8 Å². The Morgan fingerprint density at radius 1 is 1.25 bits per heavy atom. The van der Waals surface area contributed by atoms with Gasteiger partial charge >= 0.3 is 5.97 Å². The fourth-order valence-electron chi connectivity index (χ4n) is 3.87. The van der Waals surface area contributed by atoms with Crippen molar-refractivity contribution in [3.63, 3.8) is 0 Å². The molecule has 1 aromatic heterocycles. The van der Waals surface area contributed by atoms with E-state index < -0.39 is 5.97 Å². The fourth-order valence-corrected chi connectivity index (χ4v) is 3.87. The highest BCUT2D eigenvalue weighted by molar-refractivity contribution is 6.04. The standard InChI is InChI=1S/C22H23N3O3/c1-14-4-2-6-19-20(14)18(21(26)24-19)12-23-16-7-9-17(10-8-16)25-11-3-5-15(13-25)22(27)28/h2,4,6-10,12,15,24,26H,3,5,11,13H2,1H3,(H,27,28). The van der Waals surface area contributed by atoms with Gasteiger partial charge in [0.1, 0.15) is 0 Å². The summed E-state index contributed by atoms with van der Waals surface area (Å²) in [7, 11) is 0. The van der Waals surface area contributed by atoms with Crippen LogP contribution in [0.1, 0.15) is 24.0 Å². The smallest absolute Gasteiger partial charge is 0.308 e. The summed E-state index contributed by atoms with van der Waals surface area (Å²) in [4.78, 5) is 20.9. The normalized spacial score (nSPS) is 17.5. The van der Waals surface area contributed by atoms with Crippen LogP contribution in [0.15, 0.2) is 47.5 Å². The number of fused-ring (bicyclic) bond motifs is 1. The minimum absolute atomic E-state index is 0.109. The fraction of sp³-hybridized carbons (Fsp3) is 0.273. The molecule has 0 saturated carbocycles. The molecule has 1 unspecified atom stereocenters. The zero-order valence-electron chi connectivity index (χ0n) is 15.7. The molecule has 1 aliphatic heterocycles. The van der Waals surface area contributed by atoms with Crippen LogP contribution >= 0.6 is 0 Å². The van der Waals surface area contributed by atoms with Crippen LogP contribution in [0.3, 0.4) is 0 Å². The minimum atomic E-state index is -0.722. The second-order valence-corrected chi connectivity index (χ2v) is 7.28. The van der Waals surface area contributed by atoms with Gasteiger partial charge in [-0.3, -0.25) is 9.79 Å². The molecule has 1 saturated heterocycles. The van der Waals surface area contributed by atoms with Gasteiger partial charge in [-0.25, -0.2) is 0 Å². The number of nitrogens with one attached hydrogen (secondary N) is 1. The summed E-state index contributed by atoms with van der Waals surface area (Å²) >= 11 is 0. The molecule has 1 atom stereocenters. The van der Waals surface area contributed by atoms with E-state index in [0.29, 0.717) is 12.1 Å². The number of carboxylic acids is 1. The molecule has 3 aromatic rings. The van der Waals surface area contributed by atoms with Crippen molar-refractivity contribution >= 4 is 34.5 Å². The van der Waals surface area contributed by atoms with Gasteiger partial charge in [0.25, 0.3) is 0 Å². The number of anilines is 1. The van der Waals surface area contributed by atoms with Gasteiger partial charge in [0.15, 0.2) is 5.88 Å². The lowest BCUT2D eigenvalue weighted by molar-refractivity contribution is -0.141. The molecule has 6 nitrogen and oxygen atoms in total. The Morgan fingerprint density at radius 2 is 2.04 bits per heavy atom. The van der Waals surface area contributed by atoms with Crippen LogP contribution < -0.4 is 4.90 Å². The van der Waals surface area contributed by atoms with E-state index in [1.54, 1.807) is 6.21 Å². The third kappa shape index (κ3) is 3.45. The molecule has 3 N–H and O–H groups in total. The third-order valence-corrected chi connectivity index (χ3v) is 5.38. The van der Waals surface area contributed by atoms with Crippen LogP contribution in [-0.4, -0.2) is 40.5 Å². The summed E-state index contributed by atoms with van der Waals surface area (Å²) in [6.07, 6.45) is 3.30. The number of aliphatic carboxylic acids is 1. The zero-order valence-corrected chi connectivity index (χ0v) is 15.7. The molecule has 0 aliphatic carbocycles. The third-order valence-electron chi connectivity index (χ3n) is 5.38. The molecule has 0 spiro atoms. The lowest BCUT2D eigenvalue weighted by Crippen LogP contribution is -2.38. The number of aromatic amines is 1. The highest BCUT2D eigenvalue weighted by Crippen LogP contribution is 2.29. The van der Waals surface area contributed by atoms with E-state index in [0.717, 1.165) is 47.2 Å². The number of hydrogen-bond acceptors (Lipinski definition) is 4. The van der Waals surface area contributed by atoms with Crippen LogP contribution in [0.25, 0.3) is 10.9 Å². The SMILES string of the molecule is Cc1cccc2[nH]c(O)c(C=Nc3ccc(N4CCCC(C(=O)O)C4)cc3)c12. The Balaban J connectivity index is 1.54. The molecule has 0 bridgehead atoms. The topological polar surface area (TPSA) is 88.9 Å². The predicted octanol–water partition coefficient (Wildman–Crippen LogP) is 4.23. The Morgan fingerprint density at radius 3 is 2.79 bits per heavy atom. The number of aryl methyl sites for hydroxylation is 1. The van der Waals surface area contributed by atoms with Crippen LogP contribution in [0.5, 0.6) is 5.88 Å². The van der Waals surface area contributed by atoms with Crippen LogP contribution in [0.2, 0.25) is 0 Å². The van der Waals surface area contributed by atoms with E-state index in [4.69, 9.17) is 0 Å². The van der Waals surface area contributed by atoms with Crippen molar-refractivity contribution in [3.8, 4) is 5.88 Å². The van der Waals surface area contributed by atoms with Gasteiger partial charge in [0, 0.05) is 35.9 Å². The number of piperidine rings is 1. The van der Waals surface area contributed by atoms with E-state index in [1.807, 2.05) is 49.4 Å². The Bertz CT molecular complexity index is 1040. The maximum absolute atomic E-state index is 11.3. The van der Waals surface area contributed by atoms with Gasteiger partial charge in [0.2, 0.25) is 0 Å². The first kappa shape index (κ1) is 18.1. The van der Waals surface area contributed by atoms with Crippen LogP contribution in [0.4, 0.5) is 11.4 Å². The van der Waals surface area contributed by atoms with E-state index in [-0.39, 0.29) is 11.8 Å². The number of benzene rings is 2. The number of hydrogen-bond donors (Lipinski definition) is 3. The Kier molecular flexibility index (Phi) is 4.77. The number of aromatic hydroxyl groups is 1. The van der Waals surface area contributed by atoms with Crippen molar-refractivity contribution in [2.75, 3.05) is 18.0 Å². The molecular weight excluding hydrogens is 354 g/mol. The van der Waals surface area contributed by atoms with Gasteiger partial charge in [-0.15, -0.1) is 0 Å². The average Bonchev–Trinajstić information content (AvgIpc) is 3.03. The van der Waals surface area contributed by atoms with Crippen molar-refractivity contribution in [1.82, 2.24) is 4.98 Å². The van der Waals surface area contributed by atoms with Gasteiger partial charge in [-0.1, -0.05) is 12.1 Å². The number of nitrogens with zero attached hydrogens (tertiary/aromatic N) is 2. The number of aliphatic imine (C=N–C) groups is 1. The highest BCUT2D eigenvalue weighted by atomic mass is 16.4. The number of rotatable bonds is 4. The monoisotopic (exact) mass is 377 g/mol. The molecule has 2 heterocycles. The van der Waals surface area contributed by atoms with Gasteiger partial charge < -0.3 is 20.1 Å². The summed E-state index contributed by atoms with van der Waals surface area (Å²) in [5, 5.41) is 20.4. The minimum Gasteiger partial charge on any atom is -0.494 e. The van der Waals surface area contributed by atoms with Crippen LogP contribution in [0, 0.1) is 12.8 Å². The first-order valence-electron chi connectivity index (χ1n) is 9.45. The number of H-pyrrole nitrogens is 1. The second kappa shape index (κ2) is 7.38. The quantitative estimate of drug-likeness (QED) is 0.594. The zero-order chi connectivity index (χ0) is 19.7. The Hall–Kier alpha value is -3.28. The molecule has 6 heteroatoms. The maximum atomic E-state index is 11.3. The summed E-state index contributed by atoms with van der Waals surface area (Å²) in [6, 6.07) is 13.6. The van der Waals surface area contributed by atoms with Crippen molar-refractivity contribution in [3.05, 3.63) is 53.6 Å². The first-order valence-corrected chi connectivity index (χ1v) is 9.45. The molecule has 4 rings (SSSR count). The van der Waals surface area contributed by atoms with Crippen molar-refractivity contribution < 1.29 is 15.0 Å². The van der Waals surface area contributed by atoms with Gasteiger partial charge in [-0.2, -0.15) is 0 Å².